The number of hydrogen-bond donors (Lipinski definition) is 2. The molecule has 1 saturated carbocycles. The van der Waals surface area contributed by atoms with Gasteiger partial charge in [0.05, 0.1) is 12.1 Å². The van der Waals surface area contributed by atoms with Gasteiger partial charge in [-0.05, 0) is 52.0 Å². The van der Waals surface area contributed by atoms with Crippen LogP contribution in [0, 0.1) is 0 Å². The number of halogens is 1. The lowest BCUT2D eigenvalue weighted by Gasteiger charge is -2.24. The summed E-state index contributed by atoms with van der Waals surface area (Å²) in [7, 11) is 1.71. The lowest BCUT2D eigenvalue weighted by molar-refractivity contribution is 0.0268. The maximum absolute atomic E-state index is 5.90. The van der Waals surface area contributed by atoms with E-state index >= 15 is 0 Å². The molecular weight excluding hydrogens is 443 g/mol. The number of nitrogens with zero attached hydrogens (tertiary/aromatic N) is 2. The molecule has 0 aromatic carbocycles. The van der Waals surface area contributed by atoms with Gasteiger partial charge >= 0.3 is 0 Å². The van der Waals surface area contributed by atoms with E-state index in [1.807, 2.05) is 32.2 Å². The standard InChI is InChI=1S/C19H32N4O2.HI/c1-5-20-18(23-14-19(2,3)24-4)22-13-15-10-11-17(21-12-15)25-16-8-6-7-9-16;/h10-12,16H,5-9,13-14H2,1-4H3,(H2,20,22,23);1H. The number of pyridine rings is 1. The quantitative estimate of drug-likeness (QED) is 0.342. The van der Waals surface area contributed by atoms with Crippen molar-refractivity contribution in [3.63, 3.8) is 0 Å². The third-order valence-corrected chi connectivity index (χ3v) is 4.39. The van der Waals surface area contributed by atoms with E-state index in [4.69, 9.17) is 9.47 Å². The van der Waals surface area contributed by atoms with E-state index < -0.39 is 0 Å². The highest BCUT2D eigenvalue weighted by atomic mass is 127. The van der Waals surface area contributed by atoms with E-state index in [2.05, 4.69) is 27.5 Å². The van der Waals surface area contributed by atoms with E-state index in [1.165, 1.54) is 12.8 Å². The van der Waals surface area contributed by atoms with Crippen molar-refractivity contribution in [1.82, 2.24) is 15.6 Å². The Bertz CT molecular complexity index is 543. The van der Waals surface area contributed by atoms with Crippen LogP contribution >= 0.6 is 24.0 Å². The molecule has 2 N–H and O–H groups in total. The molecule has 0 saturated heterocycles. The van der Waals surface area contributed by atoms with Crippen LogP contribution in [0.15, 0.2) is 23.3 Å². The maximum atomic E-state index is 5.90. The van der Waals surface area contributed by atoms with Crippen molar-refractivity contribution in [1.29, 1.82) is 0 Å². The second kappa shape index (κ2) is 11.6. The number of hydrogen-bond acceptors (Lipinski definition) is 4. The molecule has 148 valence electrons. The molecule has 0 spiro atoms. The van der Waals surface area contributed by atoms with Crippen molar-refractivity contribution in [3.05, 3.63) is 23.9 Å². The minimum atomic E-state index is -0.239. The predicted octanol–water partition coefficient (Wildman–Crippen LogP) is 3.50. The van der Waals surface area contributed by atoms with Crippen molar-refractivity contribution in [3.8, 4) is 5.88 Å². The Hall–Kier alpha value is -1.09. The monoisotopic (exact) mass is 476 g/mol. The summed E-state index contributed by atoms with van der Waals surface area (Å²) in [6, 6.07) is 3.97. The number of guanidine groups is 1. The molecule has 0 radical (unpaired) electrons. The predicted molar refractivity (Wildman–Crippen MR) is 116 cm³/mol. The van der Waals surface area contributed by atoms with Crippen LogP contribution in [0.25, 0.3) is 0 Å². The fourth-order valence-corrected chi connectivity index (χ4v) is 2.63. The second-order valence-corrected chi connectivity index (χ2v) is 7.04. The lowest BCUT2D eigenvalue weighted by atomic mass is 10.1. The minimum absolute atomic E-state index is 0. The van der Waals surface area contributed by atoms with E-state index in [0.717, 1.165) is 30.9 Å². The zero-order valence-electron chi connectivity index (χ0n) is 16.4. The van der Waals surface area contributed by atoms with E-state index in [-0.39, 0.29) is 29.6 Å². The Balaban J connectivity index is 0.00000338. The molecule has 0 atom stereocenters. The molecule has 6 nitrogen and oxygen atoms in total. The van der Waals surface area contributed by atoms with Crippen molar-refractivity contribution in [2.45, 2.75) is 64.7 Å². The topological polar surface area (TPSA) is 67.8 Å². The normalized spacial score (nSPS) is 15.5. The number of rotatable bonds is 8. The Labute approximate surface area is 174 Å². The summed E-state index contributed by atoms with van der Waals surface area (Å²) in [6.45, 7) is 8.19. The summed E-state index contributed by atoms with van der Waals surface area (Å²) in [5.74, 6) is 1.49. The zero-order chi connectivity index (χ0) is 18.1. The van der Waals surface area contributed by atoms with Gasteiger partial charge in [0.25, 0.3) is 0 Å². The molecule has 0 aliphatic heterocycles. The van der Waals surface area contributed by atoms with Crippen molar-refractivity contribution in [2.24, 2.45) is 4.99 Å². The first-order valence-electron chi connectivity index (χ1n) is 9.21. The van der Waals surface area contributed by atoms with Gasteiger partial charge in [-0.15, -0.1) is 24.0 Å². The van der Waals surface area contributed by atoms with Gasteiger partial charge in [-0.25, -0.2) is 9.98 Å². The number of aromatic nitrogens is 1. The van der Waals surface area contributed by atoms with Crippen LogP contribution in [0.4, 0.5) is 0 Å². The number of nitrogens with one attached hydrogen (secondary N) is 2. The summed E-state index contributed by atoms with van der Waals surface area (Å²) >= 11 is 0. The SMILES string of the molecule is CCNC(=NCc1ccc(OC2CCCC2)nc1)NCC(C)(C)OC.I. The van der Waals surface area contributed by atoms with Crippen LogP contribution in [-0.2, 0) is 11.3 Å². The number of aliphatic imine (C=N–C) groups is 1. The van der Waals surface area contributed by atoms with Crippen molar-refractivity contribution < 1.29 is 9.47 Å². The lowest BCUT2D eigenvalue weighted by Crippen LogP contribution is -2.45. The molecule has 1 aromatic rings. The van der Waals surface area contributed by atoms with E-state index in [1.54, 1.807) is 7.11 Å². The van der Waals surface area contributed by atoms with Gasteiger partial charge in [-0.1, -0.05) is 6.07 Å². The fraction of sp³-hybridized carbons (Fsp3) is 0.684. The summed E-state index contributed by atoms with van der Waals surface area (Å²) in [5, 5.41) is 6.56. The van der Waals surface area contributed by atoms with Crippen LogP contribution in [0.1, 0.15) is 52.0 Å². The minimum Gasteiger partial charge on any atom is -0.474 e. The third-order valence-electron chi connectivity index (χ3n) is 4.39. The molecule has 1 heterocycles. The smallest absolute Gasteiger partial charge is 0.213 e. The van der Waals surface area contributed by atoms with Gasteiger partial charge in [0.2, 0.25) is 5.88 Å². The highest BCUT2D eigenvalue weighted by Gasteiger charge is 2.17. The Morgan fingerprint density at radius 1 is 1.27 bits per heavy atom. The Morgan fingerprint density at radius 3 is 2.58 bits per heavy atom. The van der Waals surface area contributed by atoms with Crippen LogP contribution in [0.2, 0.25) is 0 Å². The summed E-state index contributed by atoms with van der Waals surface area (Å²) in [5.41, 5.74) is 0.818. The van der Waals surface area contributed by atoms with Crippen molar-refractivity contribution >= 4 is 29.9 Å². The molecule has 2 rings (SSSR count). The Kier molecular flexibility index (Phi) is 10.2. The third kappa shape index (κ3) is 8.07. The fourth-order valence-electron chi connectivity index (χ4n) is 2.63. The van der Waals surface area contributed by atoms with Gasteiger partial charge in [-0.2, -0.15) is 0 Å². The van der Waals surface area contributed by atoms with Gasteiger partial charge in [0, 0.05) is 32.5 Å². The van der Waals surface area contributed by atoms with Crippen LogP contribution in [-0.4, -0.2) is 42.8 Å². The molecule has 0 unspecified atom stereocenters. The summed E-state index contributed by atoms with van der Waals surface area (Å²) < 4.78 is 11.3. The largest absolute Gasteiger partial charge is 0.474 e. The molecule has 26 heavy (non-hydrogen) atoms. The number of ether oxygens (including phenoxy) is 2. The van der Waals surface area contributed by atoms with E-state index in [0.29, 0.717) is 25.1 Å². The molecule has 0 bridgehead atoms. The first kappa shape index (κ1) is 23.0. The van der Waals surface area contributed by atoms with Gasteiger partial charge < -0.3 is 20.1 Å². The number of methoxy groups -OCH3 is 1. The summed E-state index contributed by atoms with van der Waals surface area (Å²) in [4.78, 5) is 9.02. The molecular formula is C19H33IN4O2. The average Bonchev–Trinajstić information content (AvgIpc) is 3.12. The second-order valence-electron chi connectivity index (χ2n) is 7.04. The van der Waals surface area contributed by atoms with Gasteiger partial charge in [0.1, 0.15) is 6.10 Å². The molecule has 1 fully saturated rings. The first-order valence-corrected chi connectivity index (χ1v) is 9.21. The maximum Gasteiger partial charge on any atom is 0.213 e. The van der Waals surface area contributed by atoms with Crippen LogP contribution < -0.4 is 15.4 Å². The molecule has 1 aromatic heterocycles. The van der Waals surface area contributed by atoms with Gasteiger partial charge in [0.15, 0.2) is 5.96 Å². The first-order chi connectivity index (χ1) is 12.0. The highest BCUT2D eigenvalue weighted by molar-refractivity contribution is 14.0. The van der Waals surface area contributed by atoms with Crippen LogP contribution in [0.5, 0.6) is 5.88 Å². The molecule has 7 heteroatoms. The van der Waals surface area contributed by atoms with Gasteiger partial charge in [-0.3, -0.25) is 0 Å². The van der Waals surface area contributed by atoms with Crippen molar-refractivity contribution in [2.75, 3.05) is 20.2 Å². The van der Waals surface area contributed by atoms with Crippen LogP contribution in [0.3, 0.4) is 0 Å². The van der Waals surface area contributed by atoms with E-state index in [9.17, 15) is 0 Å². The molecule has 1 aliphatic carbocycles. The average molecular weight is 476 g/mol. The highest BCUT2D eigenvalue weighted by Crippen LogP contribution is 2.22. The molecule has 1 aliphatic rings. The molecule has 0 amide bonds. The Morgan fingerprint density at radius 2 is 2.00 bits per heavy atom. The summed E-state index contributed by atoms with van der Waals surface area (Å²) in [6.07, 6.45) is 6.99. The zero-order valence-corrected chi connectivity index (χ0v) is 18.7.